The number of alkyl halides is 2. The van der Waals surface area contributed by atoms with Crippen LogP contribution in [-0.2, 0) is 14.3 Å². The van der Waals surface area contributed by atoms with E-state index in [-0.39, 0.29) is 24.0 Å². The summed E-state index contributed by atoms with van der Waals surface area (Å²) in [6, 6.07) is 0. The molecule has 0 aromatic heterocycles. The van der Waals surface area contributed by atoms with E-state index in [2.05, 4.69) is 0 Å². The Morgan fingerprint density at radius 3 is 1.65 bits per heavy atom. The van der Waals surface area contributed by atoms with Crippen LogP contribution < -0.4 is 0 Å². The first kappa shape index (κ1) is 19.2. The Kier molecular flexibility index (Phi) is 8.35. The highest BCUT2D eigenvalue weighted by atomic mass is 35.5. The van der Waals surface area contributed by atoms with Gasteiger partial charge in [0.05, 0.1) is 12.2 Å². The summed E-state index contributed by atoms with van der Waals surface area (Å²) in [6.45, 7) is 0. The minimum Gasteiger partial charge on any atom is -0.374 e. The minimum atomic E-state index is 0.0157. The van der Waals surface area contributed by atoms with Crippen LogP contribution in [-0.4, -0.2) is 35.5 Å². The number of rotatable bonds is 8. The summed E-state index contributed by atoms with van der Waals surface area (Å²) >= 11 is 12.0. The summed E-state index contributed by atoms with van der Waals surface area (Å²) < 4.78 is 6.43. The zero-order valence-corrected chi connectivity index (χ0v) is 15.3. The van der Waals surface area contributed by atoms with Gasteiger partial charge in [-0.2, -0.15) is 0 Å². The molecule has 0 aromatic rings. The molecule has 2 fully saturated rings. The quantitative estimate of drug-likeness (QED) is 0.596. The normalized spacial score (nSPS) is 28.6. The zero-order chi connectivity index (χ0) is 16.7. The molecular formula is C18H28Cl2O3. The third-order valence-corrected chi connectivity index (χ3v) is 5.67. The van der Waals surface area contributed by atoms with Gasteiger partial charge in [-0.05, 0) is 50.4 Å². The van der Waals surface area contributed by atoms with Crippen LogP contribution in [0.1, 0.15) is 64.2 Å². The van der Waals surface area contributed by atoms with Crippen molar-refractivity contribution in [2.24, 2.45) is 11.8 Å². The highest BCUT2D eigenvalue weighted by Crippen LogP contribution is 2.33. The molecule has 0 aliphatic heterocycles. The Balaban J connectivity index is 2.01. The van der Waals surface area contributed by atoms with E-state index in [1.807, 2.05) is 0 Å². The summed E-state index contributed by atoms with van der Waals surface area (Å²) in [5, 5.41) is 0. The van der Waals surface area contributed by atoms with E-state index in [1.54, 1.807) is 0 Å². The van der Waals surface area contributed by atoms with Gasteiger partial charge in [0.2, 0.25) is 0 Å². The molecular weight excluding hydrogens is 335 g/mol. The van der Waals surface area contributed by atoms with Crippen molar-refractivity contribution in [1.82, 2.24) is 0 Å². The zero-order valence-electron chi connectivity index (χ0n) is 13.8. The number of Topliss-reactive ketones (excluding diaryl/α,β-unsaturated/α-hetero) is 2. The minimum absolute atomic E-state index is 0.0157. The van der Waals surface area contributed by atoms with E-state index in [1.165, 1.54) is 0 Å². The van der Waals surface area contributed by atoms with Gasteiger partial charge in [-0.15, -0.1) is 23.2 Å². The average Bonchev–Trinajstić information content (AvgIpc) is 2.54. The van der Waals surface area contributed by atoms with E-state index in [0.29, 0.717) is 49.0 Å². The standard InChI is InChI=1S/C18H28Cl2O3/c19-9-7-17(13-3-1-5-15(21)11-13)23-18(8-10-20)14-4-2-6-16(22)12-14/h13-14,17-18H,1-12H2/t13?,14?,17-,18-/m1/s1. The maximum absolute atomic E-state index is 11.8. The van der Waals surface area contributed by atoms with Crippen LogP contribution in [0.2, 0.25) is 0 Å². The Bertz CT molecular complexity index is 364. The first-order valence-electron chi connectivity index (χ1n) is 8.94. The topological polar surface area (TPSA) is 43.4 Å². The lowest BCUT2D eigenvalue weighted by Crippen LogP contribution is -2.38. The second-order valence-electron chi connectivity index (χ2n) is 6.96. The lowest BCUT2D eigenvalue weighted by atomic mass is 9.81. The molecule has 0 saturated heterocycles. The van der Waals surface area contributed by atoms with Gasteiger partial charge in [0.15, 0.2) is 0 Å². The molecule has 3 nitrogen and oxygen atoms in total. The number of carbonyl (C=O) groups excluding carboxylic acids is 2. The van der Waals surface area contributed by atoms with Gasteiger partial charge in [0, 0.05) is 37.4 Å². The first-order chi connectivity index (χ1) is 11.1. The van der Waals surface area contributed by atoms with Gasteiger partial charge in [-0.3, -0.25) is 9.59 Å². The summed E-state index contributed by atoms with van der Waals surface area (Å²) in [6.07, 6.45) is 8.15. The molecule has 2 rings (SSSR count). The molecule has 2 aliphatic rings. The van der Waals surface area contributed by atoms with Crippen molar-refractivity contribution in [3.8, 4) is 0 Å². The largest absolute Gasteiger partial charge is 0.374 e. The molecule has 0 aromatic carbocycles. The van der Waals surface area contributed by atoms with Crippen molar-refractivity contribution in [3.05, 3.63) is 0 Å². The fourth-order valence-corrected chi connectivity index (χ4v) is 4.45. The predicted molar refractivity (Wildman–Crippen MR) is 93.3 cm³/mol. The summed E-state index contributed by atoms with van der Waals surface area (Å²) in [5.74, 6) is 2.29. The Morgan fingerprint density at radius 2 is 1.30 bits per heavy atom. The van der Waals surface area contributed by atoms with Crippen LogP contribution in [0, 0.1) is 11.8 Å². The summed E-state index contributed by atoms with van der Waals surface area (Å²) in [5.41, 5.74) is 0. The maximum Gasteiger partial charge on any atom is 0.133 e. The van der Waals surface area contributed by atoms with Crippen LogP contribution in [0.15, 0.2) is 0 Å². The molecule has 4 atom stereocenters. The fourth-order valence-electron chi connectivity index (χ4n) is 4.02. The number of carbonyl (C=O) groups is 2. The van der Waals surface area contributed by atoms with Crippen molar-refractivity contribution in [2.45, 2.75) is 76.4 Å². The van der Waals surface area contributed by atoms with E-state index in [9.17, 15) is 9.59 Å². The maximum atomic E-state index is 11.8. The molecule has 2 unspecified atom stereocenters. The van der Waals surface area contributed by atoms with E-state index in [4.69, 9.17) is 27.9 Å². The van der Waals surface area contributed by atoms with Crippen LogP contribution in [0.5, 0.6) is 0 Å². The van der Waals surface area contributed by atoms with Crippen LogP contribution in [0.4, 0.5) is 0 Å². The third-order valence-electron chi connectivity index (χ3n) is 5.23. The molecule has 132 valence electrons. The SMILES string of the molecule is O=C1CCCC([C@@H](CCCl)O[C@H](CCCl)C2CCCC(=O)C2)C1. The smallest absolute Gasteiger partial charge is 0.133 e. The highest BCUT2D eigenvalue weighted by molar-refractivity contribution is 6.18. The number of ketones is 2. The lowest BCUT2D eigenvalue weighted by Gasteiger charge is -2.36. The van der Waals surface area contributed by atoms with Gasteiger partial charge in [-0.1, -0.05) is 0 Å². The van der Waals surface area contributed by atoms with Gasteiger partial charge >= 0.3 is 0 Å². The number of halogens is 2. The fraction of sp³-hybridized carbons (Fsp3) is 0.889. The second-order valence-corrected chi connectivity index (χ2v) is 7.71. The van der Waals surface area contributed by atoms with Crippen LogP contribution >= 0.6 is 23.2 Å². The lowest BCUT2D eigenvalue weighted by molar-refractivity contribution is -0.130. The number of hydrogen-bond donors (Lipinski definition) is 0. The molecule has 5 heteroatoms. The van der Waals surface area contributed by atoms with E-state index in [0.717, 1.165) is 38.5 Å². The highest BCUT2D eigenvalue weighted by Gasteiger charge is 2.33. The van der Waals surface area contributed by atoms with Crippen molar-refractivity contribution in [2.75, 3.05) is 11.8 Å². The van der Waals surface area contributed by atoms with Crippen molar-refractivity contribution >= 4 is 34.8 Å². The molecule has 23 heavy (non-hydrogen) atoms. The van der Waals surface area contributed by atoms with Gasteiger partial charge < -0.3 is 4.74 Å². The third kappa shape index (κ3) is 6.03. The number of hydrogen-bond acceptors (Lipinski definition) is 3. The van der Waals surface area contributed by atoms with Crippen molar-refractivity contribution in [1.29, 1.82) is 0 Å². The predicted octanol–water partition coefficient (Wildman–Crippen LogP) is 4.52. The average molecular weight is 363 g/mol. The molecule has 0 amide bonds. The Labute approximate surface area is 149 Å². The molecule has 0 heterocycles. The van der Waals surface area contributed by atoms with Crippen molar-refractivity contribution < 1.29 is 14.3 Å². The van der Waals surface area contributed by atoms with E-state index >= 15 is 0 Å². The summed E-state index contributed by atoms with van der Waals surface area (Å²) in [7, 11) is 0. The van der Waals surface area contributed by atoms with Crippen LogP contribution in [0.3, 0.4) is 0 Å². The molecule has 2 saturated carbocycles. The van der Waals surface area contributed by atoms with E-state index < -0.39 is 0 Å². The van der Waals surface area contributed by atoms with Gasteiger partial charge in [0.25, 0.3) is 0 Å². The molecule has 0 spiro atoms. The monoisotopic (exact) mass is 362 g/mol. The van der Waals surface area contributed by atoms with Crippen LogP contribution in [0.25, 0.3) is 0 Å². The molecule has 0 bridgehead atoms. The first-order valence-corrected chi connectivity index (χ1v) is 10.0. The molecule has 0 radical (unpaired) electrons. The number of ether oxygens (including phenoxy) is 1. The van der Waals surface area contributed by atoms with Crippen molar-refractivity contribution in [3.63, 3.8) is 0 Å². The second kappa shape index (κ2) is 10.0. The summed E-state index contributed by atoms with van der Waals surface area (Å²) in [4.78, 5) is 23.6. The molecule has 2 aliphatic carbocycles. The Hall–Kier alpha value is -0.120. The van der Waals surface area contributed by atoms with Gasteiger partial charge in [-0.25, -0.2) is 0 Å². The van der Waals surface area contributed by atoms with Gasteiger partial charge in [0.1, 0.15) is 11.6 Å². The Morgan fingerprint density at radius 1 is 0.870 bits per heavy atom. The molecule has 0 N–H and O–H groups in total.